The van der Waals surface area contributed by atoms with E-state index in [0.717, 1.165) is 46.7 Å². The summed E-state index contributed by atoms with van der Waals surface area (Å²) in [5.74, 6) is 0.318. The molecule has 0 heterocycles. The summed E-state index contributed by atoms with van der Waals surface area (Å²) in [6, 6.07) is 9.19. The number of methoxy groups -OCH3 is 1. The molecule has 1 aliphatic rings. The molecule has 0 fully saturated rings. The second-order valence-electron chi connectivity index (χ2n) is 6.03. The second kappa shape index (κ2) is 8.14. The van der Waals surface area contributed by atoms with E-state index in [4.69, 9.17) is 21.2 Å². The van der Waals surface area contributed by atoms with Gasteiger partial charge in [0.25, 0.3) is 0 Å². The van der Waals surface area contributed by atoms with E-state index < -0.39 is 5.97 Å². The Balaban J connectivity index is 1.87. The van der Waals surface area contributed by atoms with Gasteiger partial charge >= 0.3 is 5.97 Å². The fraction of sp³-hybridized carbons (Fsp3) is 0.300. The molecule has 6 heteroatoms. The van der Waals surface area contributed by atoms with E-state index in [9.17, 15) is 4.79 Å². The lowest BCUT2D eigenvalue weighted by Crippen LogP contribution is -2.15. The smallest absolute Gasteiger partial charge is 0.367 e. The number of halogens is 1. The van der Waals surface area contributed by atoms with Crippen molar-refractivity contribution < 1.29 is 14.4 Å². The molecular formula is C20H20ClNO3S. The summed E-state index contributed by atoms with van der Waals surface area (Å²) < 4.78 is 5.40. The van der Waals surface area contributed by atoms with Crippen LogP contribution in [0.5, 0.6) is 5.75 Å². The molecule has 0 aromatic heterocycles. The monoisotopic (exact) mass is 389 g/mol. The zero-order valence-electron chi connectivity index (χ0n) is 15.0. The summed E-state index contributed by atoms with van der Waals surface area (Å²) in [5.41, 5.74) is 4.44. The van der Waals surface area contributed by atoms with Crippen LogP contribution in [0.15, 0.2) is 40.4 Å². The lowest BCUT2D eigenvalue weighted by Gasteiger charge is -2.21. The predicted molar refractivity (Wildman–Crippen MR) is 106 cm³/mol. The third-order valence-corrected chi connectivity index (χ3v) is 5.61. The van der Waals surface area contributed by atoms with Crippen molar-refractivity contribution in [2.45, 2.75) is 31.1 Å². The summed E-state index contributed by atoms with van der Waals surface area (Å²) in [5, 5.41) is 4.51. The minimum atomic E-state index is -0.546. The van der Waals surface area contributed by atoms with Gasteiger partial charge in [-0.3, -0.25) is 0 Å². The first-order chi connectivity index (χ1) is 12.5. The van der Waals surface area contributed by atoms with Gasteiger partial charge in [0.05, 0.1) is 23.4 Å². The average molecular weight is 390 g/mol. The maximum atomic E-state index is 12.4. The number of hydrogen-bond donors (Lipinski definition) is 0. The Bertz CT molecular complexity index is 880. The minimum Gasteiger partial charge on any atom is -0.496 e. The van der Waals surface area contributed by atoms with E-state index in [0.29, 0.717) is 10.6 Å². The van der Waals surface area contributed by atoms with E-state index in [1.165, 1.54) is 17.3 Å². The molecule has 4 nitrogen and oxygen atoms in total. The number of nitrogens with zero attached hydrogens (tertiary/aromatic N) is 1. The van der Waals surface area contributed by atoms with Crippen molar-refractivity contribution >= 4 is 35.0 Å². The van der Waals surface area contributed by atoms with Crippen LogP contribution in [0.25, 0.3) is 0 Å². The number of hydrogen-bond acceptors (Lipinski definition) is 5. The number of ether oxygens (including phenoxy) is 1. The standard InChI is InChI=1S/C20H20ClNO3S/c1-12-14-5-4-6-18(15(14)8-10-19(12)24-2)22-25-20(23)16-11-13(26-3)7-9-17(16)21/h7-11H,4-6H2,1-3H3/b22-18-. The van der Waals surface area contributed by atoms with Crippen LogP contribution in [0.1, 0.15) is 39.9 Å². The Morgan fingerprint density at radius 3 is 2.77 bits per heavy atom. The lowest BCUT2D eigenvalue weighted by atomic mass is 9.87. The van der Waals surface area contributed by atoms with E-state index in [1.807, 2.05) is 31.4 Å². The molecule has 0 aliphatic heterocycles. The molecule has 0 atom stereocenters. The maximum absolute atomic E-state index is 12.4. The third-order valence-electron chi connectivity index (χ3n) is 4.55. The van der Waals surface area contributed by atoms with E-state index in [-0.39, 0.29) is 0 Å². The molecule has 1 aliphatic carbocycles. The van der Waals surface area contributed by atoms with Crippen LogP contribution < -0.4 is 4.74 Å². The maximum Gasteiger partial charge on any atom is 0.367 e. The van der Waals surface area contributed by atoms with Crippen molar-refractivity contribution in [2.24, 2.45) is 5.16 Å². The van der Waals surface area contributed by atoms with E-state index in [1.54, 1.807) is 19.2 Å². The number of oxime groups is 1. The number of fused-ring (bicyclic) bond motifs is 1. The molecule has 0 saturated carbocycles. The average Bonchev–Trinajstić information content (AvgIpc) is 2.67. The summed E-state index contributed by atoms with van der Waals surface area (Å²) in [6.07, 6.45) is 4.63. The van der Waals surface area contributed by atoms with Crippen molar-refractivity contribution in [3.63, 3.8) is 0 Å². The Morgan fingerprint density at radius 1 is 1.23 bits per heavy atom. The summed E-state index contributed by atoms with van der Waals surface area (Å²) in [7, 11) is 1.67. The Morgan fingerprint density at radius 2 is 2.04 bits per heavy atom. The second-order valence-corrected chi connectivity index (χ2v) is 7.32. The third kappa shape index (κ3) is 3.74. The highest BCUT2D eigenvalue weighted by Gasteiger charge is 2.21. The van der Waals surface area contributed by atoms with Gasteiger partial charge in [0, 0.05) is 10.5 Å². The van der Waals surface area contributed by atoms with Crippen molar-refractivity contribution in [2.75, 3.05) is 13.4 Å². The number of carbonyl (C=O) groups excluding carboxylic acids is 1. The first-order valence-corrected chi connectivity index (χ1v) is 9.94. The Hall–Kier alpha value is -1.98. The van der Waals surface area contributed by atoms with Crippen molar-refractivity contribution in [1.29, 1.82) is 0 Å². The van der Waals surface area contributed by atoms with Gasteiger partial charge in [0.2, 0.25) is 0 Å². The molecule has 0 N–H and O–H groups in total. The van der Waals surface area contributed by atoms with Crippen LogP contribution in [0, 0.1) is 6.92 Å². The van der Waals surface area contributed by atoms with Gasteiger partial charge in [-0.25, -0.2) is 4.79 Å². The zero-order valence-corrected chi connectivity index (χ0v) is 16.5. The number of carbonyl (C=O) groups is 1. The van der Waals surface area contributed by atoms with Crippen LogP contribution in [-0.4, -0.2) is 25.0 Å². The lowest BCUT2D eigenvalue weighted by molar-refractivity contribution is 0.0515. The molecule has 0 radical (unpaired) electrons. The highest BCUT2D eigenvalue weighted by molar-refractivity contribution is 7.98. The van der Waals surface area contributed by atoms with Crippen LogP contribution in [0.3, 0.4) is 0 Å². The molecule has 0 bridgehead atoms. The Labute approximate surface area is 162 Å². The molecule has 136 valence electrons. The highest BCUT2D eigenvalue weighted by atomic mass is 35.5. The molecule has 3 rings (SSSR count). The predicted octanol–water partition coefficient (Wildman–Crippen LogP) is 5.28. The van der Waals surface area contributed by atoms with Gasteiger partial charge in [-0.1, -0.05) is 16.8 Å². The van der Waals surface area contributed by atoms with Gasteiger partial charge in [-0.15, -0.1) is 11.8 Å². The van der Waals surface area contributed by atoms with Gasteiger partial charge in [0.15, 0.2) is 0 Å². The van der Waals surface area contributed by atoms with Crippen LogP contribution in [0.2, 0.25) is 5.02 Å². The molecule has 0 saturated heterocycles. The molecule has 2 aromatic rings. The van der Waals surface area contributed by atoms with Crippen LogP contribution in [0.4, 0.5) is 0 Å². The number of rotatable bonds is 4. The molecule has 26 heavy (non-hydrogen) atoms. The van der Waals surface area contributed by atoms with Crippen molar-refractivity contribution in [1.82, 2.24) is 0 Å². The van der Waals surface area contributed by atoms with Gasteiger partial charge in [-0.05, 0) is 73.9 Å². The highest BCUT2D eigenvalue weighted by Crippen LogP contribution is 2.31. The fourth-order valence-electron chi connectivity index (χ4n) is 3.14. The quantitative estimate of drug-likeness (QED) is 0.405. The minimum absolute atomic E-state index is 0.324. The van der Waals surface area contributed by atoms with Crippen LogP contribution in [-0.2, 0) is 11.3 Å². The largest absolute Gasteiger partial charge is 0.496 e. The number of benzene rings is 2. The van der Waals surface area contributed by atoms with Gasteiger partial charge < -0.3 is 9.57 Å². The fourth-order valence-corrected chi connectivity index (χ4v) is 3.78. The summed E-state index contributed by atoms with van der Waals surface area (Å²) >= 11 is 7.67. The van der Waals surface area contributed by atoms with Gasteiger partial charge in [0.1, 0.15) is 5.75 Å². The zero-order chi connectivity index (χ0) is 18.7. The molecule has 0 unspecified atom stereocenters. The SMILES string of the molecule is COc1ccc2c(c1C)CCC/C2=N/OC(=O)c1cc(SC)ccc1Cl. The topological polar surface area (TPSA) is 47.9 Å². The first kappa shape index (κ1) is 18.8. The normalized spacial score (nSPS) is 14.8. The van der Waals surface area contributed by atoms with Gasteiger partial charge in [-0.2, -0.15) is 0 Å². The first-order valence-electron chi connectivity index (χ1n) is 8.33. The molecule has 0 amide bonds. The van der Waals surface area contributed by atoms with E-state index >= 15 is 0 Å². The van der Waals surface area contributed by atoms with Crippen LogP contribution >= 0.6 is 23.4 Å². The molecule has 2 aromatic carbocycles. The number of thioether (sulfide) groups is 1. The van der Waals surface area contributed by atoms with E-state index in [2.05, 4.69) is 5.16 Å². The Kier molecular flexibility index (Phi) is 5.89. The molecule has 0 spiro atoms. The summed E-state index contributed by atoms with van der Waals surface area (Å²) in [6.45, 7) is 2.04. The summed E-state index contributed by atoms with van der Waals surface area (Å²) in [4.78, 5) is 18.6. The van der Waals surface area contributed by atoms with Crippen molar-refractivity contribution in [3.8, 4) is 5.75 Å². The molecular weight excluding hydrogens is 370 g/mol. The van der Waals surface area contributed by atoms with Crippen molar-refractivity contribution in [3.05, 3.63) is 57.6 Å².